The molecule has 0 radical (unpaired) electrons. The van der Waals surface area contributed by atoms with E-state index in [4.69, 9.17) is 4.74 Å². The maximum Gasteiger partial charge on any atom is 0.125 e. The number of hydrogen-bond donors (Lipinski definition) is 0. The van der Waals surface area contributed by atoms with Crippen molar-refractivity contribution in [3.8, 4) is 0 Å². The summed E-state index contributed by atoms with van der Waals surface area (Å²) in [5.41, 5.74) is 0.340. The number of rotatable bonds is 6. The van der Waals surface area contributed by atoms with Gasteiger partial charge >= 0.3 is 0 Å². The predicted molar refractivity (Wildman–Crippen MR) is 75.8 cm³/mol. The maximum absolute atomic E-state index is 5.85. The molecule has 0 heterocycles. The largest absolute Gasteiger partial charge is 0.376 e. The monoisotopic (exact) mass is 226 g/mol. The molecule has 0 aromatic heterocycles. The van der Waals surface area contributed by atoms with E-state index in [2.05, 4.69) is 55.3 Å². The zero-order valence-electron chi connectivity index (χ0n) is 12.7. The van der Waals surface area contributed by atoms with E-state index in [9.17, 15) is 0 Å². The van der Waals surface area contributed by atoms with E-state index < -0.39 is 0 Å². The summed E-state index contributed by atoms with van der Waals surface area (Å²) in [4.78, 5) is 0. The van der Waals surface area contributed by atoms with Crippen molar-refractivity contribution in [3.63, 3.8) is 0 Å². The molecule has 16 heavy (non-hydrogen) atoms. The molecule has 0 amide bonds. The lowest BCUT2D eigenvalue weighted by molar-refractivity contribution is -0.0200. The molecule has 0 saturated heterocycles. The van der Waals surface area contributed by atoms with Crippen molar-refractivity contribution in [2.75, 3.05) is 6.61 Å². The molecule has 1 atom stereocenters. The van der Waals surface area contributed by atoms with E-state index in [0.717, 1.165) is 13.0 Å². The minimum Gasteiger partial charge on any atom is -0.376 e. The molecule has 0 bridgehead atoms. The SMILES string of the molecule is CBC(C)(CC)C(C)(C)CCOC(C)(C)C. The van der Waals surface area contributed by atoms with E-state index >= 15 is 0 Å². The Balaban J connectivity index is 4.34. The van der Waals surface area contributed by atoms with Crippen molar-refractivity contribution >= 4 is 7.28 Å². The molecule has 0 rings (SSSR count). The molecule has 0 N–H and O–H groups in total. The lowest BCUT2D eigenvalue weighted by Crippen LogP contribution is -2.34. The van der Waals surface area contributed by atoms with Crippen LogP contribution < -0.4 is 0 Å². The Labute approximate surface area is 104 Å². The molecule has 0 aromatic rings. The third-order valence-corrected chi connectivity index (χ3v) is 4.46. The van der Waals surface area contributed by atoms with Gasteiger partial charge in [0.2, 0.25) is 0 Å². The summed E-state index contributed by atoms with van der Waals surface area (Å²) in [6, 6.07) is 0. The highest BCUT2D eigenvalue weighted by molar-refractivity contribution is 6.38. The maximum atomic E-state index is 5.85. The summed E-state index contributed by atoms with van der Waals surface area (Å²) in [6.45, 7) is 19.0. The van der Waals surface area contributed by atoms with Crippen molar-refractivity contribution in [1.29, 1.82) is 0 Å². The van der Waals surface area contributed by atoms with Gasteiger partial charge < -0.3 is 4.74 Å². The summed E-state index contributed by atoms with van der Waals surface area (Å²) in [6.07, 6.45) is 2.38. The highest BCUT2D eigenvalue weighted by Gasteiger charge is 2.38. The molecule has 96 valence electrons. The van der Waals surface area contributed by atoms with Gasteiger partial charge in [-0.2, -0.15) is 0 Å². The molecule has 0 fully saturated rings. The van der Waals surface area contributed by atoms with Gasteiger partial charge in [0.05, 0.1) is 5.60 Å². The number of ether oxygens (including phenoxy) is 1. The summed E-state index contributed by atoms with van der Waals surface area (Å²) >= 11 is 0. The average Bonchev–Trinajstić information content (AvgIpc) is 2.13. The Morgan fingerprint density at radius 1 is 1.00 bits per heavy atom. The molecular weight excluding hydrogens is 195 g/mol. The third-order valence-electron chi connectivity index (χ3n) is 4.46. The van der Waals surface area contributed by atoms with Crippen LogP contribution in [0.5, 0.6) is 0 Å². The third kappa shape index (κ3) is 4.49. The van der Waals surface area contributed by atoms with E-state index in [0.29, 0.717) is 10.7 Å². The Kier molecular flexibility index (Phi) is 5.58. The van der Waals surface area contributed by atoms with Gasteiger partial charge in [-0.25, -0.2) is 0 Å². The van der Waals surface area contributed by atoms with Gasteiger partial charge in [-0.15, -0.1) is 0 Å². The van der Waals surface area contributed by atoms with Gasteiger partial charge in [0.25, 0.3) is 0 Å². The minimum atomic E-state index is -0.00902. The molecule has 1 nitrogen and oxygen atoms in total. The van der Waals surface area contributed by atoms with Crippen LogP contribution in [0, 0.1) is 5.41 Å². The first-order chi connectivity index (χ1) is 7.08. The van der Waals surface area contributed by atoms with Crippen molar-refractivity contribution in [2.45, 2.75) is 79.0 Å². The van der Waals surface area contributed by atoms with E-state index in [1.54, 1.807) is 0 Å². The van der Waals surface area contributed by atoms with Crippen molar-refractivity contribution < 1.29 is 4.74 Å². The van der Waals surface area contributed by atoms with E-state index in [-0.39, 0.29) is 5.60 Å². The fourth-order valence-corrected chi connectivity index (χ4v) is 2.12. The second-order valence-electron chi connectivity index (χ2n) is 6.86. The van der Waals surface area contributed by atoms with Crippen LogP contribution in [-0.4, -0.2) is 19.5 Å². The van der Waals surface area contributed by atoms with Crippen molar-refractivity contribution in [1.82, 2.24) is 0 Å². The van der Waals surface area contributed by atoms with Gasteiger partial charge in [-0.1, -0.05) is 46.3 Å². The molecule has 0 aliphatic carbocycles. The Morgan fingerprint density at radius 3 is 1.81 bits per heavy atom. The van der Waals surface area contributed by atoms with Crippen LogP contribution in [0.4, 0.5) is 0 Å². The van der Waals surface area contributed by atoms with Crippen molar-refractivity contribution in [3.05, 3.63) is 0 Å². The predicted octanol–water partition coefficient (Wildman–Crippen LogP) is 4.29. The highest BCUT2D eigenvalue weighted by atomic mass is 16.5. The standard InChI is InChI=1S/C14H31BO/c1-9-14(7,15-8)13(5,6)10-11-16-12(2,3)4/h15H,9-11H2,1-8H3. The Hall–Kier alpha value is 0.0249. The van der Waals surface area contributed by atoms with Crippen LogP contribution in [-0.2, 0) is 4.74 Å². The molecule has 0 aromatic carbocycles. The fourth-order valence-electron chi connectivity index (χ4n) is 2.12. The van der Waals surface area contributed by atoms with E-state index in [1.807, 2.05) is 0 Å². The first-order valence-electron chi connectivity index (χ1n) is 6.72. The lowest BCUT2D eigenvalue weighted by Gasteiger charge is -2.44. The Bertz CT molecular complexity index is 199. The van der Waals surface area contributed by atoms with Crippen LogP contribution >= 0.6 is 0 Å². The first kappa shape index (κ1) is 16.0. The molecule has 0 aliphatic rings. The second-order valence-corrected chi connectivity index (χ2v) is 6.86. The van der Waals surface area contributed by atoms with Crippen LogP contribution in [0.2, 0.25) is 12.1 Å². The molecular formula is C14H31BO. The van der Waals surface area contributed by atoms with E-state index in [1.165, 1.54) is 13.7 Å². The van der Waals surface area contributed by atoms with Gasteiger partial charge in [-0.3, -0.25) is 0 Å². The van der Waals surface area contributed by atoms with Crippen LogP contribution in [0.15, 0.2) is 0 Å². The van der Waals surface area contributed by atoms with Gasteiger partial charge in [0.1, 0.15) is 7.28 Å². The molecule has 0 aliphatic heterocycles. The second kappa shape index (κ2) is 5.57. The van der Waals surface area contributed by atoms with Gasteiger partial charge in [0, 0.05) is 6.61 Å². The van der Waals surface area contributed by atoms with Gasteiger partial charge in [0.15, 0.2) is 0 Å². The summed E-state index contributed by atoms with van der Waals surface area (Å²) in [7, 11) is 1.24. The summed E-state index contributed by atoms with van der Waals surface area (Å²) in [5, 5.41) is 0.425. The zero-order chi connectivity index (χ0) is 13.0. The molecule has 2 heteroatoms. The topological polar surface area (TPSA) is 9.23 Å². The Morgan fingerprint density at radius 2 is 1.50 bits per heavy atom. The smallest absolute Gasteiger partial charge is 0.125 e. The van der Waals surface area contributed by atoms with Crippen molar-refractivity contribution in [2.24, 2.45) is 5.41 Å². The average molecular weight is 226 g/mol. The van der Waals surface area contributed by atoms with Crippen LogP contribution in [0.3, 0.4) is 0 Å². The number of hydrogen-bond acceptors (Lipinski definition) is 1. The lowest BCUT2D eigenvalue weighted by atomic mass is 9.43. The summed E-state index contributed by atoms with van der Waals surface area (Å²) in [5.74, 6) is 0. The molecule has 0 spiro atoms. The normalized spacial score (nSPS) is 17.0. The first-order valence-corrected chi connectivity index (χ1v) is 6.72. The zero-order valence-corrected chi connectivity index (χ0v) is 12.7. The fraction of sp³-hybridized carbons (Fsp3) is 1.00. The molecule has 0 saturated carbocycles. The highest BCUT2D eigenvalue weighted by Crippen LogP contribution is 2.49. The molecule has 1 unspecified atom stereocenters. The van der Waals surface area contributed by atoms with Crippen LogP contribution in [0.1, 0.15) is 61.3 Å². The quantitative estimate of drug-likeness (QED) is 0.614. The van der Waals surface area contributed by atoms with Gasteiger partial charge in [-0.05, 0) is 32.6 Å². The summed E-state index contributed by atoms with van der Waals surface area (Å²) < 4.78 is 5.85. The minimum absolute atomic E-state index is 0.00902. The van der Waals surface area contributed by atoms with Crippen LogP contribution in [0.25, 0.3) is 0 Å².